The van der Waals surface area contributed by atoms with Crippen molar-refractivity contribution in [1.82, 2.24) is 0 Å². The van der Waals surface area contributed by atoms with E-state index in [1.54, 1.807) is 0 Å². The van der Waals surface area contributed by atoms with Crippen LogP contribution in [0.1, 0.15) is 19.4 Å². The van der Waals surface area contributed by atoms with E-state index >= 15 is 0 Å². The van der Waals surface area contributed by atoms with E-state index in [0.29, 0.717) is 0 Å². The van der Waals surface area contributed by atoms with Gasteiger partial charge in [-0.3, -0.25) is 4.79 Å². The topological polar surface area (TPSA) is 70.3 Å². The van der Waals surface area contributed by atoms with Gasteiger partial charge in [0.25, 0.3) is 0 Å². The molecule has 1 aliphatic rings. The number of rotatable bonds is 5. The zero-order chi connectivity index (χ0) is 15.6. The van der Waals surface area contributed by atoms with Gasteiger partial charge in [0.15, 0.2) is 0 Å². The van der Waals surface area contributed by atoms with Crippen molar-refractivity contribution < 1.29 is 14.6 Å². The Morgan fingerprint density at radius 1 is 1.48 bits per heavy atom. The van der Waals surface area contributed by atoms with Crippen molar-refractivity contribution in [2.24, 2.45) is 17.3 Å². The van der Waals surface area contributed by atoms with Crippen molar-refractivity contribution in [3.8, 4) is 6.07 Å². The standard InChI is InChI=1S/C17H19NO3/c1-11(9-18)15(19)13-14(17(13,2)3)16(20)21-10-12-7-5-4-6-8-12/h4-8,13-15,19H,1,10H2,2-3H3. The molecule has 1 N–H and O–H groups in total. The molecule has 1 aromatic carbocycles. The molecule has 1 fully saturated rings. The van der Waals surface area contributed by atoms with E-state index < -0.39 is 12.0 Å². The van der Waals surface area contributed by atoms with Gasteiger partial charge in [0.2, 0.25) is 0 Å². The number of ether oxygens (including phenoxy) is 1. The molecule has 3 atom stereocenters. The fourth-order valence-corrected chi connectivity index (χ4v) is 2.82. The molecule has 0 heterocycles. The summed E-state index contributed by atoms with van der Waals surface area (Å²) in [6.45, 7) is 7.52. The monoisotopic (exact) mass is 285 g/mol. The Morgan fingerprint density at radius 3 is 2.67 bits per heavy atom. The summed E-state index contributed by atoms with van der Waals surface area (Å²) in [6.07, 6.45) is -0.987. The van der Waals surface area contributed by atoms with Crippen molar-refractivity contribution in [3.63, 3.8) is 0 Å². The van der Waals surface area contributed by atoms with Crippen LogP contribution in [0.4, 0.5) is 0 Å². The first-order chi connectivity index (χ1) is 9.89. The van der Waals surface area contributed by atoms with Gasteiger partial charge in [0, 0.05) is 5.92 Å². The van der Waals surface area contributed by atoms with Gasteiger partial charge in [-0.05, 0) is 11.0 Å². The number of nitriles is 1. The highest BCUT2D eigenvalue weighted by Crippen LogP contribution is 2.61. The first-order valence-corrected chi connectivity index (χ1v) is 6.87. The molecule has 1 saturated carbocycles. The molecule has 1 aromatic rings. The summed E-state index contributed by atoms with van der Waals surface area (Å²) in [7, 11) is 0. The Balaban J connectivity index is 1.97. The highest BCUT2D eigenvalue weighted by atomic mass is 16.5. The van der Waals surface area contributed by atoms with Gasteiger partial charge in [-0.25, -0.2) is 0 Å². The van der Waals surface area contributed by atoms with Crippen LogP contribution in [0.3, 0.4) is 0 Å². The zero-order valence-corrected chi connectivity index (χ0v) is 12.2. The van der Waals surface area contributed by atoms with Crippen molar-refractivity contribution in [3.05, 3.63) is 48.0 Å². The van der Waals surface area contributed by atoms with Crippen LogP contribution >= 0.6 is 0 Å². The number of carbonyl (C=O) groups is 1. The molecule has 0 spiro atoms. The summed E-state index contributed by atoms with van der Waals surface area (Å²) in [5.41, 5.74) is 0.627. The molecule has 0 amide bonds. The van der Waals surface area contributed by atoms with E-state index in [-0.39, 0.29) is 29.5 Å². The summed E-state index contributed by atoms with van der Waals surface area (Å²) < 4.78 is 5.32. The smallest absolute Gasteiger partial charge is 0.310 e. The van der Waals surface area contributed by atoms with Gasteiger partial charge in [0.1, 0.15) is 6.61 Å². The lowest BCUT2D eigenvalue weighted by atomic mass is 10.0. The minimum absolute atomic E-state index is 0.0893. The lowest BCUT2D eigenvalue weighted by Gasteiger charge is -2.09. The van der Waals surface area contributed by atoms with Gasteiger partial charge >= 0.3 is 5.97 Å². The van der Waals surface area contributed by atoms with Crippen LogP contribution in [0.25, 0.3) is 0 Å². The van der Waals surface area contributed by atoms with Gasteiger partial charge in [-0.1, -0.05) is 50.8 Å². The molecular formula is C17H19NO3. The van der Waals surface area contributed by atoms with E-state index in [1.807, 2.05) is 50.2 Å². The Kier molecular flexibility index (Phi) is 4.15. The number of benzene rings is 1. The second kappa shape index (κ2) is 5.71. The summed E-state index contributed by atoms with van der Waals surface area (Å²) >= 11 is 0. The second-order valence-electron chi connectivity index (χ2n) is 6.00. The molecule has 0 aromatic heterocycles. The number of carbonyl (C=O) groups excluding carboxylic acids is 1. The molecule has 21 heavy (non-hydrogen) atoms. The van der Waals surface area contributed by atoms with Gasteiger partial charge < -0.3 is 9.84 Å². The molecular weight excluding hydrogens is 266 g/mol. The molecule has 0 radical (unpaired) electrons. The average molecular weight is 285 g/mol. The number of aliphatic hydroxyl groups excluding tert-OH is 1. The maximum Gasteiger partial charge on any atom is 0.310 e. The molecule has 0 aliphatic heterocycles. The van der Waals surface area contributed by atoms with Crippen molar-refractivity contribution in [2.45, 2.75) is 26.6 Å². The number of nitrogens with zero attached hydrogens (tertiary/aromatic N) is 1. The fraction of sp³-hybridized carbons (Fsp3) is 0.412. The summed E-state index contributed by atoms with van der Waals surface area (Å²) in [5, 5.41) is 18.9. The van der Waals surface area contributed by atoms with Crippen LogP contribution in [0.15, 0.2) is 42.5 Å². The third kappa shape index (κ3) is 2.98. The van der Waals surface area contributed by atoms with E-state index in [2.05, 4.69) is 6.58 Å². The van der Waals surface area contributed by atoms with Crippen molar-refractivity contribution >= 4 is 5.97 Å². The lowest BCUT2D eigenvalue weighted by molar-refractivity contribution is -0.147. The van der Waals surface area contributed by atoms with Crippen molar-refractivity contribution in [2.75, 3.05) is 0 Å². The highest BCUT2D eigenvalue weighted by molar-refractivity contribution is 5.78. The third-order valence-corrected chi connectivity index (χ3v) is 4.23. The van der Waals surface area contributed by atoms with E-state index in [1.165, 1.54) is 0 Å². The molecule has 1 aliphatic carbocycles. The van der Waals surface area contributed by atoms with E-state index in [0.717, 1.165) is 5.56 Å². The third-order valence-electron chi connectivity index (χ3n) is 4.23. The second-order valence-corrected chi connectivity index (χ2v) is 6.00. The molecule has 110 valence electrons. The first kappa shape index (κ1) is 15.3. The van der Waals surface area contributed by atoms with Gasteiger partial charge in [-0.2, -0.15) is 5.26 Å². The molecule has 4 heteroatoms. The van der Waals surface area contributed by atoms with Crippen LogP contribution < -0.4 is 0 Å². The number of hydrogen-bond acceptors (Lipinski definition) is 4. The number of esters is 1. The quantitative estimate of drug-likeness (QED) is 0.666. The average Bonchev–Trinajstić information content (AvgIpc) is 3.06. The summed E-state index contributed by atoms with van der Waals surface area (Å²) in [5.74, 6) is -1.05. The van der Waals surface area contributed by atoms with Crippen LogP contribution in [0, 0.1) is 28.6 Å². The minimum atomic E-state index is -0.987. The van der Waals surface area contributed by atoms with E-state index in [9.17, 15) is 9.90 Å². The maximum atomic E-state index is 12.2. The van der Waals surface area contributed by atoms with Crippen LogP contribution in [0.5, 0.6) is 0 Å². The molecule has 0 saturated heterocycles. The summed E-state index contributed by atoms with van der Waals surface area (Å²) in [6, 6.07) is 11.3. The Bertz CT molecular complexity index is 586. The zero-order valence-electron chi connectivity index (χ0n) is 12.2. The minimum Gasteiger partial charge on any atom is -0.461 e. The highest BCUT2D eigenvalue weighted by Gasteiger charge is 2.65. The van der Waals surface area contributed by atoms with Gasteiger partial charge in [0.05, 0.1) is 23.7 Å². The van der Waals surface area contributed by atoms with Crippen LogP contribution in [-0.2, 0) is 16.1 Å². The SMILES string of the molecule is C=C(C#N)C(O)C1C(C(=O)OCc2ccccc2)C1(C)C. The first-order valence-electron chi connectivity index (χ1n) is 6.87. The Morgan fingerprint density at radius 2 is 2.10 bits per heavy atom. The summed E-state index contributed by atoms with van der Waals surface area (Å²) in [4.78, 5) is 12.2. The maximum absolute atomic E-state index is 12.2. The normalized spacial score (nSPS) is 23.7. The largest absolute Gasteiger partial charge is 0.461 e. The van der Waals surface area contributed by atoms with Gasteiger partial charge in [-0.15, -0.1) is 0 Å². The van der Waals surface area contributed by atoms with Crippen LogP contribution in [-0.4, -0.2) is 17.2 Å². The molecule has 4 nitrogen and oxygen atoms in total. The predicted molar refractivity (Wildman–Crippen MR) is 77.8 cm³/mol. The molecule has 2 rings (SSSR count). The Labute approximate surface area is 124 Å². The molecule has 0 bridgehead atoms. The fourth-order valence-electron chi connectivity index (χ4n) is 2.82. The van der Waals surface area contributed by atoms with Crippen molar-refractivity contribution in [1.29, 1.82) is 5.26 Å². The van der Waals surface area contributed by atoms with E-state index in [4.69, 9.17) is 10.00 Å². The Hall–Kier alpha value is -2.12. The van der Waals surface area contributed by atoms with Crippen LogP contribution in [0.2, 0.25) is 0 Å². The number of hydrogen-bond donors (Lipinski definition) is 1. The number of aliphatic hydroxyl groups is 1. The lowest BCUT2D eigenvalue weighted by Crippen LogP contribution is -2.17. The predicted octanol–water partition coefficient (Wildman–Crippen LogP) is 2.44. The molecule has 3 unspecified atom stereocenters.